The number of hydrogen-bond acceptors (Lipinski definition) is 1. The number of fused-ring (bicyclic) bond motifs is 1. The summed E-state index contributed by atoms with van der Waals surface area (Å²) in [6.07, 6.45) is 6.34. The molecule has 84 valence electrons. The van der Waals surface area contributed by atoms with Gasteiger partial charge in [-0.1, -0.05) is 19.3 Å². The van der Waals surface area contributed by atoms with Gasteiger partial charge in [-0.25, -0.2) is 9.37 Å². The lowest BCUT2D eigenvalue weighted by atomic mass is 9.89. The first-order valence-corrected chi connectivity index (χ1v) is 5.98. The van der Waals surface area contributed by atoms with Crippen LogP contribution in [-0.2, 0) is 0 Å². The Morgan fingerprint density at radius 2 is 2.00 bits per heavy atom. The third-order valence-corrected chi connectivity index (χ3v) is 3.45. The molecule has 16 heavy (non-hydrogen) atoms. The highest BCUT2D eigenvalue weighted by Crippen LogP contribution is 2.31. The summed E-state index contributed by atoms with van der Waals surface area (Å²) in [4.78, 5) is 7.81. The monoisotopic (exact) mass is 218 g/mol. The molecule has 1 fully saturated rings. The molecule has 1 aliphatic carbocycles. The fourth-order valence-electron chi connectivity index (χ4n) is 2.57. The normalized spacial score (nSPS) is 18.1. The van der Waals surface area contributed by atoms with Gasteiger partial charge in [0.15, 0.2) is 0 Å². The van der Waals surface area contributed by atoms with E-state index in [-0.39, 0.29) is 5.82 Å². The van der Waals surface area contributed by atoms with Crippen LogP contribution >= 0.6 is 0 Å². The molecule has 0 radical (unpaired) electrons. The van der Waals surface area contributed by atoms with E-state index in [9.17, 15) is 4.39 Å². The van der Waals surface area contributed by atoms with E-state index in [0.717, 1.165) is 16.9 Å². The topological polar surface area (TPSA) is 28.7 Å². The maximum absolute atomic E-state index is 13.0. The first-order chi connectivity index (χ1) is 7.83. The Labute approximate surface area is 93.9 Å². The second-order valence-corrected chi connectivity index (χ2v) is 4.62. The molecule has 3 heteroatoms. The Kier molecular flexibility index (Phi) is 2.39. The minimum Gasteiger partial charge on any atom is -0.342 e. The third-order valence-electron chi connectivity index (χ3n) is 3.45. The van der Waals surface area contributed by atoms with E-state index < -0.39 is 0 Å². The van der Waals surface area contributed by atoms with Crippen molar-refractivity contribution in [3.8, 4) is 0 Å². The molecule has 0 atom stereocenters. The van der Waals surface area contributed by atoms with Crippen LogP contribution < -0.4 is 0 Å². The molecule has 1 aromatic carbocycles. The Bertz CT molecular complexity index is 498. The van der Waals surface area contributed by atoms with Gasteiger partial charge < -0.3 is 4.98 Å². The van der Waals surface area contributed by atoms with Crippen molar-refractivity contribution in [2.75, 3.05) is 0 Å². The van der Waals surface area contributed by atoms with Crippen molar-refractivity contribution in [3.63, 3.8) is 0 Å². The van der Waals surface area contributed by atoms with Crippen LogP contribution in [-0.4, -0.2) is 9.97 Å². The Hall–Kier alpha value is -1.38. The number of halogens is 1. The van der Waals surface area contributed by atoms with Gasteiger partial charge in [0.1, 0.15) is 11.6 Å². The molecule has 1 aromatic heterocycles. The maximum atomic E-state index is 13.0. The molecule has 0 unspecified atom stereocenters. The predicted octanol–water partition coefficient (Wildman–Crippen LogP) is 3.75. The zero-order valence-corrected chi connectivity index (χ0v) is 9.17. The van der Waals surface area contributed by atoms with Gasteiger partial charge in [-0.05, 0) is 31.0 Å². The molecule has 2 nitrogen and oxygen atoms in total. The van der Waals surface area contributed by atoms with Crippen LogP contribution in [0, 0.1) is 5.82 Å². The van der Waals surface area contributed by atoms with Gasteiger partial charge in [0.2, 0.25) is 0 Å². The number of imidazole rings is 1. The van der Waals surface area contributed by atoms with Gasteiger partial charge in [-0.3, -0.25) is 0 Å². The van der Waals surface area contributed by atoms with Crippen molar-refractivity contribution < 1.29 is 4.39 Å². The average Bonchev–Trinajstić information content (AvgIpc) is 2.73. The van der Waals surface area contributed by atoms with Gasteiger partial charge in [0.05, 0.1) is 11.0 Å². The number of aromatic nitrogens is 2. The molecule has 0 aliphatic heterocycles. The standard InChI is InChI=1S/C13H15FN2/c14-10-6-7-11-12(8-10)16-13(15-11)9-4-2-1-3-5-9/h6-9H,1-5H2,(H,15,16). The molecule has 1 heterocycles. The van der Waals surface area contributed by atoms with E-state index in [1.165, 1.54) is 44.2 Å². The lowest BCUT2D eigenvalue weighted by Crippen LogP contribution is -2.05. The highest BCUT2D eigenvalue weighted by Gasteiger charge is 2.18. The van der Waals surface area contributed by atoms with E-state index >= 15 is 0 Å². The molecule has 3 rings (SSSR count). The molecule has 0 bridgehead atoms. The first-order valence-electron chi connectivity index (χ1n) is 5.98. The van der Waals surface area contributed by atoms with E-state index in [4.69, 9.17) is 0 Å². The summed E-state index contributed by atoms with van der Waals surface area (Å²) >= 11 is 0. The lowest BCUT2D eigenvalue weighted by molar-refractivity contribution is 0.431. The Morgan fingerprint density at radius 1 is 1.19 bits per heavy atom. The molecule has 1 saturated carbocycles. The van der Waals surface area contributed by atoms with E-state index in [0.29, 0.717) is 5.92 Å². The SMILES string of the molecule is Fc1ccc2nc(C3CCCCC3)[nH]c2c1. The van der Waals surface area contributed by atoms with Crippen molar-refractivity contribution in [2.45, 2.75) is 38.0 Å². The summed E-state index contributed by atoms with van der Waals surface area (Å²) in [6, 6.07) is 4.73. The summed E-state index contributed by atoms with van der Waals surface area (Å²) in [5.41, 5.74) is 1.70. The van der Waals surface area contributed by atoms with Gasteiger partial charge in [0, 0.05) is 5.92 Å². The van der Waals surface area contributed by atoms with Crippen LogP contribution in [0.3, 0.4) is 0 Å². The van der Waals surface area contributed by atoms with Crippen molar-refractivity contribution in [1.29, 1.82) is 0 Å². The highest BCUT2D eigenvalue weighted by atomic mass is 19.1. The number of nitrogens with zero attached hydrogens (tertiary/aromatic N) is 1. The Morgan fingerprint density at radius 3 is 2.81 bits per heavy atom. The third kappa shape index (κ3) is 1.70. The smallest absolute Gasteiger partial charge is 0.125 e. The molecule has 2 aromatic rings. The van der Waals surface area contributed by atoms with Gasteiger partial charge in [0.25, 0.3) is 0 Å². The maximum Gasteiger partial charge on any atom is 0.125 e. The fraction of sp³-hybridized carbons (Fsp3) is 0.462. The Balaban J connectivity index is 1.97. The quantitative estimate of drug-likeness (QED) is 0.775. The van der Waals surface area contributed by atoms with E-state index in [1.54, 1.807) is 6.07 Å². The summed E-state index contributed by atoms with van der Waals surface area (Å²) < 4.78 is 13.0. The minimum atomic E-state index is -0.202. The number of aromatic amines is 1. The zero-order chi connectivity index (χ0) is 11.0. The summed E-state index contributed by atoms with van der Waals surface area (Å²) in [6.45, 7) is 0. The van der Waals surface area contributed by atoms with Crippen LogP contribution in [0.2, 0.25) is 0 Å². The molecular weight excluding hydrogens is 203 g/mol. The second-order valence-electron chi connectivity index (χ2n) is 4.62. The molecular formula is C13H15FN2. The number of rotatable bonds is 1. The molecule has 0 spiro atoms. The predicted molar refractivity (Wildman–Crippen MR) is 61.9 cm³/mol. The highest BCUT2D eigenvalue weighted by molar-refractivity contribution is 5.75. The van der Waals surface area contributed by atoms with Gasteiger partial charge in [-0.2, -0.15) is 0 Å². The number of hydrogen-bond donors (Lipinski definition) is 1. The van der Waals surface area contributed by atoms with Crippen LogP contribution in [0.25, 0.3) is 11.0 Å². The average molecular weight is 218 g/mol. The van der Waals surface area contributed by atoms with Crippen molar-refractivity contribution in [2.24, 2.45) is 0 Å². The van der Waals surface area contributed by atoms with Crippen molar-refractivity contribution in [3.05, 3.63) is 29.8 Å². The van der Waals surface area contributed by atoms with E-state index in [1.807, 2.05) is 0 Å². The number of benzene rings is 1. The molecule has 0 saturated heterocycles. The van der Waals surface area contributed by atoms with Crippen molar-refractivity contribution in [1.82, 2.24) is 9.97 Å². The van der Waals surface area contributed by atoms with Gasteiger partial charge in [-0.15, -0.1) is 0 Å². The van der Waals surface area contributed by atoms with Gasteiger partial charge >= 0.3 is 0 Å². The number of H-pyrrole nitrogens is 1. The largest absolute Gasteiger partial charge is 0.342 e. The first kappa shape index (κ1) is 9.82. The molecule has 0 amide bonds. The van der Waals surface area contributed by atoms with Crippen LogP contribution in [0.5, 0.6) is 0 Å². The lowest BCUT2D eigenvalue weighted by Gasteiger charge is -2.18. The summed E-state index contributed by atoms with van der Waals surface area (Å²) in [5, 5.41) is 0. The summed E-state index contributed by atoms with van der Waals surface area (Å²) in [5.74, 6) is 1.39. The van der Waals surface area contributed by atoms with Crippen LogP contribution in [0.1, 0.15) is 43.8 Å². The molecule has 1 aliphatic rings. The molecule has 1 N–H and O–H groups in total. The van der Waals surface area contributed by atoms with E-state index in [2.05, 4.69) is 9.97 Å². The minimum absolute atomic E-state index is 0.202. The summed E-state index contributed by atoms with van der Waals surface area (Å²) in [7, 11) is 0. The van der Waals surface area contributed by atoms with Crippen LogP contribution in [0.4, 0.5) is 4.39 Å². The zero-order valence-electron chi connectivity index (χ0n) is 9.17. The van der Waals surface area contributed by atoms with Crippen molar-refractivity contribution >= 4 is 11.0 Å². The number of nitrogens with one attached hydrogen (secondary N) is 1. The fourth-order valence-corrected chi connectivity index (χ4v) is 2.57. The van der Waals surface area contributed by atoms with Crippen LogP contribution in [0.15, 0.2) is 18.2 Å². The second kappa shape index (κ2) is 3.89.